The molecule has 2 aliphatic heterocycles. The number of amides is 4. The second-order valence-corrected chi connectivity index (χ2v) is 6.48. The lowest BCUT2D eigenvalue weighted by atomic mass is 9.92. The van der Waals surface area contributed by atoms with Crippen LogP contribution in [0.1, 0.15) is 12.5 Å². The summed E-state index contributed by atoms with van der Waals surface area (Å²) in [5.41, 5.74) is -0.477. The molecular formula is C15H16N4O3S. The third-order valence-corrected chi connectivity index (χ3v) is 4.65. The van der Waals surface area contributed by atoms with Crippen molar-refractivity contribution in [3.63, 3.8) is 0 Å². The average Bonchev–Trinajstić information content (AvgIpc) is 3.11. The molecule has 1 aromatic rings. The van der Waals surface area contributed by atoms with Gasteiger partial charge in [0.2, 0.25) is 5.91 Å². The highest BCUT2D eigenvalue weighted by Gasteiger charge is 2.49. The van der Waals surface area contributed by atoms with Gasteiger partial charge in [-0.25, -0.2) is 4.79 Å². The smallest absolute Gasteiger partial charge is 0.319 e. The second kappa shape index (κ2) is 6.04. The molecule has 0 bridgehead atoms. The number of urea groups is 1. The minimum absolute atomic E-state index is 0.327. The van der Waals surface area contributed by atoms with Crippen molar-refractivity contribution in [1.82, 2.24) is 15.5 Å². The van der Waals surface area contributed by atoms with Crippen molar-refractivity contribution in [1.29, 1.82) is 0 Å². The van der Waals surface area contributed by atoms with Crippen molar-refractivity contribution in [2.75, 3.05) is 18.8 Å². The van der Waals surface area contributed by atoms with Crippen LogP contribution in [0, 0.1) is 0 Å². The average molecular weight is 332 g/mol. The summed E-state index contributed by atoms with van der Waals surface area (Å²) in [5, 5.41) is 5.82. The van der Waals surface area contributed by atoms with E-state index in [9.17, 15) is 14.4 Å². The van der Waals surface area contributed by atoms with Crippen molar-refractivity contribution in [3.05, 3.63) is 35.9 Å². The normalized spacial score (nSPS) is 23.7. The van der Waals surface area contributed by atoms with Crippen LogP contribution in [0.2, 0.25) is 0 Å². The fraction of sp³-hybridized carbons (Fsp3) is 0.333. The van der Waals surface area contributed by atoms with Gasteiger partial charge in [0.1, 0.15) is 12.1 Å². The maximum Gasteiger partial charge on any atom is 0.325 e. The van der Waals surface area contributed by atoms with E-state index in [2.05, 4.69) is 15.6 Å². The number of imide groups is 1. The molecule has 0 spiro atoms. The Morgan fingerprint density at radius 3 is 2.78 bits per heavy atom. The summed E-state index contributed by atoms with van der Waals surface area (Å²) >= 11 is 1.44. The maximum atomic E-state index is 12.6. The van der Waals surface area contributed by atoms with Crippen LogP contribution >= 0.6 is 11.8 Å². The van der Waals surface area contributed by atoms with E-state index in [0.29, 0.717) is 17.3 Å². The molecule has 7 nitrogen and oxygen atoms in total. The fourth-order valence-corrected chi connectivity index (χ4v) is 3.27. The fourth-order valence-electron chi connectivity index (χ4n) is 2.52. The molecule has 4 amide bonds. The van der Waals surface area contributed by atoms with Crippen LogP contribution in [0.15, 0.2) is 35.3 Å². The first-order valence-corrected chi connectivity index (χ1v) is 8.16. The number of carbonyl (C=O) groups is 3. The van der Waals surface area contributed by atoms with E-state index in [0.717, 1.165) is 10.7 Å². The molecule has 0 radical (unpaired) electrons. The van der Waals surface area contributed by atoms with Crippen LogP contribution in [0.25, 0.3) is 0 Å². The number of hydrogen-bond acceptors (Lipinski definition) is 5. The summed E-state index contributed by atoms with van der Waals surface area (Å²) in [4.78, 5) is 41.8. The summed E-state index contributed by atoms with van der Waals surface area (Å²) in [6, 6.07) is 8.39. The van der Waals surface area contributed by atoms with Crippen LogP contribution in [0.5, 0.6) is 0 Å². The zero-order valence-electron chi connectivity index (χ0n) is 12.5. The van der Waals surface area contributed by atoms with E-state index in [1.165, 1.54) is 11.8 Å². The van der Waals surface area contributed by atoms with E-state index < -0.39 is 23.4 Å². The molecule has 0 saturated carbocycles. The number of nitrogens with zero attached hydrogens (tertiary/aromatic N) is 2. The van der Waals surface area contributed by atoms with Crippen molar-refractivity contribution < 1.29 is 14.4 Å². The summed E-state index contributed by atoms with van der Waals surface area (Å²) in [7, 11) is 0. The quantitative estimate of drug-likeness (QED) is 0.796. The third-order valence-electron chi connectivity index (χ3n) is 3.76. The van der Waals surface area contributed by atoms with E-state index >= 15 is 0 Å². The molecule has 23 heavy (non-hydrogen) atoms. The molecule has 2 heterocycles. The van der Waals surface area contributed by atoms with Gasteiger partial charge in [0.15, 0.2) is 5.17 Å². The zero-order chi connectivity index (χ0) is 16.4. The van der Waals surface area contributed by atoms with Gasteiger partial charge in [0, 0.05) is 5.75 Å². The minimum atomic E-state index is -1.15. The Bertz CT molecular complexity index is 691. The molecule has 8 heteroatoms. The minimum Gasteiger partial charge on any atom is -0.319 e. The number of benzene rings is 1. The van der Waals surface area contributed by atoms with Crippen molar-refractivity contribution in [3.8, 4) is 0 Å². The maximum absolute atomic E-state index is 12.6. The topological polar surface area (TPSA) is 90.9 Å². The Kier molecular flexibility index (Phi) is 4.08. The lowest BCUT2D eigenvalue weighted by molar-refractivity contribution is -0.134. The Balaban J connectivity index is 1.72. The molecule has 1 saturated heterocycles. The Morgan fingerprint density at radius 2 is 2.13 bits per heavy atom. The molecular weight excluding hydrogens is 316 g/mol. The highest BCUT2D eigenvalue weighted by atomic mass is 32.2. The van der Waals surface area contributed by atoms with Crippen LogP contribution in [0.4, 0.5) is 4.79 Å². The largest absolute Gasteiger partial charge is 0.325 e. The van der Waals surface area contributed by atoms with Gasteiger partial charge in [-0.3, -0.25) is 19.5 Å². The Hall–Kier alpha value is -2.35. The van der Waals surface area contributed by atoms with Gasteiger partial charge in [0.25, 0.3) is 5.91 Å². The summed E-state index contributed by atoms with van der Waals surface area (Å²) < 4.78 is 0. The number of amidine groups is 1. The first-order chi connectivity index (χ1) is 11.0. The van der Waals surface area contributed by atoms with Gasteiger partial charge in [-0.2, -0.15) is 0 Å². The summed E-state index contributed by atoms with van der Waals surface area (Å²) in [5.74, 6) is -0.0472. The molecule has 1 fully saturated rings. The van der Waals surface area contributed by atoms with Gasteiger partial charge in [-0.15, -0.1) is 0 Å². The Labute approximate surface area is 137 Å². The lowest BCUT2D eigenvalue weighted by Crippen LogP contribution is -2.43. The van der Waals surface area contributed by atoms with Crippen LogP contribution in [-0.2, 0) is 15.1 Å². The number of hydrogen-bond donors (Lipinski definition) is 2. The molecule has 0 aromatic heterocycles. The molecule has 0 aliphatic carbocycles. The van der Waals surface area contributed by atoms with Crippen LogP contribution in [-0.4, -0.2) is 46.8 Å². The van der Waals surface area contributed by atoms with Gasteiger partial charge in [-0.05, 0) is 12.5 Å². The van der Waals surface area contributed by atoms with Crippen molar-refractivity contribution in [2.24, 2.45) is 4.99 Å². The van der Waals surface area contributed by atoms with Gasteiger partial charge >= 0.3 is 6.03 Å². The predicted octanol–water partition coefficient (Wildman–Crippen LogP) is 0.673. The molecule has 2 N–H and O–H groups in total. The second-order valence-electron chi connectivity index (χ2n) is 5.40. The number of carbonyl (C=O) groups excluding carboxylic acids is 3. The number of thioether (sulfide) groups is 1. The van der Waals surface area contributed by atoms with Gasteiger partial charge in [0.05, 0.1) is 6.54 Å². The van der Waals surface area contributed by atoms with Gasteiger partial charge in [-0.1, -0.05) is 42.1 Å². The first kappa shape index (κ1) is 15.5. The standard InChI is InChI=1S/C15H16N4O3S/c1-15(10-5-3-2-4-6-10)12(21)19(14(22)18-15)9-11(20)17-13-16-7-8-23-13/h2-6H,7-9H2,1H3,(H,18,22)(H,16,17,20)/t15-/m0/s1. The molecule has 1 aromatic carbocycles. The predicted molar refractivity (Wildman–Crippen MR) is 86.9 cm³/mol. The molecule has 3 rings (SSSR count). The first-order valence-electron chi connectivity index (χ1n) is 7.17. The number of rotatable bonds is 3. The summed E-state index contributed by atoms with van der Waals surface area (Å²) in [6.45, 7) is 1.97. The highest BCUT2D eigenvalue weighted by Crippen LogP contribution is 2.28. The van der Waals surface area contributed by atoms with Crippen LogP contribution < -0.4 is 10.6 Å². The van der Waals surface area contributed by atoms with Crippen molar-refractivity contribution in [2.45, 2.75) is 12.5 Å². The molecule has 120 valence electrons. The summed E-state index contributed by atoms with van der Waals surface area (Å²) in [6.07, 6.45) is 0. The lowest BCUT2D eigenvalue weighted by Gasteiger charge is -2.22. The molecule has 0 unspecified atom stereocenters. The van der Waals surface area contributed by atoms with Crippen molar-refractivity contribution >= 4 is 34.8 Å². The third kappa shape index (κ3) is 2.94. The SMILES string of the molecule is C[C@@]1(c2ccccc2)NC(=O)N(CC(=O)NC2=NCCS2)C1=O. The monoisotopic (exact) mass is 332 g/mol. The highest BCUT2D eigenvalue weighted by molar-refractivity contribution is 8.14. The molecule has 1 atom stereocenters. The van der Waals surface area contributed by atoms with E-state index in [4.69, 9.17) is 0 Å². The van der Waals surface area contributed by atoms with Crippen LogP contribution in [0.3, 0.4) is 0 Å². The number of nitrogens with one attached hydrogen (secondary N) is 2. The molecule has 2 aliphatic rings. The number of aliphatic imine (C=N–C) groups is 1. The zero-order valence-corrected chi connectivity index (χ0v) is 13.4. The Morgan fingerprint density at radius 1 is 1.39 bits per heavy atom. The van der Waals surface area contributed by atoms with E-state index in [-0.39, 0.29) is 6.54 Å². The van der Waals surface area contributed by atoms with E-state index in [1.54, 1.807) is 31.2 Å². The van der Waals surface area contributed by atoms with Gasteiger partial charge < -0.3 is 10.6 Å². The van der Waals surface area contributed by atoms with E-state index in [1.807, 2.05) is 6.07 Å².